The van der Waals surface area contributed by atoms with Gasteiger partial charge in [-0.05, 0) is 25.7 Å². The quantitative estimate of drug-likeness (QED) is 0.342. The summed E-state index contributed by atoms with van der Waals surface area (Å²) in [6.45, 7) is 10.8. The number of rotatable bonds is 4. The molecule has 0 saturated carbocycles. The molecule has 0 amide bonds. The molecule has 1 saturated heterocycles. The molecule has 5 nitrogen and oxygen atoms in total. The third kappa shape index (κ3) is 6.76. The van der Waals surface area contributed by atoms with Gasteiger partial charge in [0, 0.05) is 26.7 Å². The average molecular weight is 397 g/mol. The maximum absolute atomic E-state index is 11.4. The van der Waals surface area contributed by atoms with Gasteiger partial charge in [0.2, 0.25) is 0 Å². The van der Waals surface area contributed by atoms with Gasteiger partial charge in [0.05, 0.1) is 12.5 Å². The van der Waals surface area contributed by atoms with E-state index in [0.29, 0.717) is 18.4 Å². The summed E-state index contributed by atoms with van der Waals surface area (Å²) in [4.78, 5) is 17.9. The monoisotopic (exact) mass is 397 g/mol. The van der Waals surface area contributed by atoms with Crippen LogP contribution in [0.5, 0.6) is 0 Å². The van der Waals surface area contributed by atoms with Crippen molar-refractivity contribution < 1.29 is 9.53 Å². The number of guanidine groups is 1. The van der Waals surface area contributed by atoms with Crippen molar-refractivity contribution in [2.45, 2.75) is 46.6 Å². The van der Waals surface area contributed by atoms with E-state index in [4.69, 9.17) is 4.74 Å². The molecule has 0 aromatic heterocycles. The van der Waals surface area contributed by atoms with E-state index in [2.05, 4.69) is 29.1 Å². The normalized spacial score (nSPS) is 17.9. The van der Waals surface area contributed by atoms with Crippen LogP contribution in [0.4, 0.5) is 0 Å². The van der Waals surface area contributed by atoms with Crippen molar-refractivity contribution in [1.29, 1.82) is 0 Å². The largest absolute Gasteiger partial charge is 0.463 e. The number of carbonyl (C=O) groups is 1. The first kappa shape index (κ1) is 19.5. The lowest BCUT2D eigenvalue weighted by Gasteiger charge is -2.23. The molecule has 20 heavy (non-hydrogen) atoms. The van der Waals surface area contributed by atoms with Crippen LogP contribution >= 0.6 is 24.0 Å². The maximum atomic E-state index is 11.4. The summed E-state index contributed by atoms with van der Waals surface area (Å²) in [5.41, 5.74) is 0.341. The zero-order valence-corrected chi connectivity index (χ0v) is 15.6. The molecular formula is C14H28IN3O2. The van der Waals surface area contributed by atoms with Crippen LogP contribution in [0.25, 0.3) is 0 Å². The number of carbonyl (C=O) groups excluding carboxylic acids is 1. The lowest BCUT2D eigenvalue weighted by Crippen LogP contribution is -2.41. The highest BCUT2D eigenvalue weighted by Crippen LogP contribution is 2.28. The molecule has 0 spiro atoms. The maximum Gasteiger partial charge on any atom is 0.307 e. The number of nitrogens with one attached hydrogen (secondary N) is 1. The van der Waals surface area contributed by atoms with Gasteiger partial charge in [-0.1, -0.05) is 13.8 Å². The average Bonchev–Trinajstić information content (AvgIpc) is 2.64. The SMILES string of the molecule is CN=C(NCCC(=O)OC(C)C)N1CCC(C)(C)C1.I. The number of hydrogen-bond donors (Lipinski definition) is 1. The lowest BCUT2D eigenvalue weighted by atomic mass is 9.93. The van der Waals surface area contributed by atoms with Gasteiger partial charge in [0.15, 0.2) is 5.96 Å². The summed E-state index contributed by atoms with van der Waals surface area (Å²) in [6, 6.07) is 0. The van der Waals surface area contributed by atoms with Crippen molar-refractivity contribution in [3.63, 3.8) is 0 Å². The molecular weight excluding hydrogens is 369 g/mol. The Labute approximate surface area is 139 Å². The van der Waals surface area contributed by atoms with Crippen molar-refractivity contribution in [3.8, 4) is 0 Å². The fraction of sp³-hybridized carbons (Fsp3) is 0.857. The number of ether oxygens (including phenoxy) is 1. The predicted molar refractivity (Wildman–Crippen MR) is 92.6 cm³/mol. The molecule has 0 aromatic carbocycles. The first-order valence-electron chi connectivity index (χ1n) is 6.99. The Morgan fingerprint density at radius 3 is 2.55 bits per heavy atom. The highest BCUT2D eigenvalue weighted by atomic mass is 127. The van der Waals surface area contributed by atoms with Gasteiger partial charge in [-0.25, -0.2) is 0 Å². The highest BCUT2D eigenvalue weighted by Gasteiger charge is 2.30. The zero-order chi connectivity index (χ0) is 14.5. The Balaban J connectivity index is 0.00000361. The summed E-state index contributed by atoms with van der Waals surface area (Å²) < 4.78 is 5.09. The Bertz CT molecular complexity index is 343. The van der Waals surface area contributed by atoms with Crippen LogP contribution in [0.3, 0.4) is 0 Å². The number of nitrogens with zero attached hydrogens (tertiary/aromatic N) is 2. The summed E-state index contributed by atoms with van der Waals surface area (Å²) >= 11 is 0. The minimum Gasteiger partial charge on any atom is -0.463 e. The summed E-state index contributed by atoms with van der Waals surface area (Å²) in [5.74, 6) is 0.711. The van der Waals surface area contributed by atoms with Gasteiger partial charge in [-0.2, -0.15) is 0 Å². The fourth-order valence-corrected chi connectivity index (χ4v) is 2.22. The van der Waals surface area contributed by atoms with Crippen molar-refractivity contribution in [1.82, 2.24) is 10.2 Å². The number of halogens is 1. The molecule has 0 bridgehead atoms. The van der Waals surface area contributed by atoms with Crippen LogP contribution in [0.15, 0.2) is 4.99 Å². The van der Waals surface area contributed by atoms with Crippen LogP contribution in [-0.4, -0.2) is 49.6 Å². The van der Waals surface area contributed by atoms with Crippen LogP contribution in [0.1, 0.15) is 40.5 Å². The molecule has 1 N–H and O–H groups in total. The smallest absolute Gasteiger partial charge is 0.307 e. The van der Waals surface area contributed by atoms with E-state index in [1.54, 1.807) is 7.05 Å². The van der Waals surface area contributed by atoms with Crippen molar-refractivity contribution in [2.24, 2.45) is 10.4 Å². The van der Waals surface area contributed by atoms with Gasteiger partial charge in [-0.3, -0.25) is 9.79 Å². The van der Waals surface area contributed by atoms with Crippen molar-refractivity contribution in [2.75, 3.05) is 26.7 Å². The number of aliphatic imine (C=N–C) groups is 1. The molecule has 1 aliphatic heterocycles. The Morgan fingerprint density at radius 2 is 2.10 bits per heavy atom. The van der Waals surface area contributed by atoms with Gasteiger partial charge in [-0.15, -0.1) is 24.0 Å². The first-order chi connectivity index (χ1) is 8.84. The Hall–Kier alpha value is -0.530. The van der Waals surface area contributed by atoms with Gasteiger partial charge < -0.3 is 15.0 Å². The highest BCUT2D eigenvalue weighted by molar-refractivity contribution is 14.0. The van der Waals surface area contributed by atoms with E-state index >= 15 is 0 Å². The van der Waals surface area contributed by atoms with E-state index in [1.165, 1.54) is 6.42 Å². The topological polar surface area (TPSA) is 53.9 Å². The van der Waals surface area contributed by atoms with E-state index in [1.807, 2.05) is 13.8 Å². The van der Waals surface area contributed by atoms with Crippen LogP contribution in [0.2, 0.25) is 0 Å². The molecule has 1 aliphatic rings. The van der Waals surface area contributed by atoms with E-state index < -0.39 is 0 Å². The molecule has 118 valence electrons. The second kappa shape index (κ2) is 8.69. The van der Waals surface area contributed by atoms with E-state index in [0.717, 1.165) is 19.0 Å². The third-order valence-corrected chi connectivity index (χ3v) is 3.17. The van der Waals surface area contributed by atoms with Crippen LogP contribution in [0, 0.1) is 5.41 Å². The zero-order valence-electron chi connectivity index (χ0n) is 13.2. The standard InChI is InChI=1S/C14H27N3O2.HI/c1-11(2)19-12(18)6-8-16-13(15-5)17-9-7-14(3,4)10-17;/h11H,6-10H2,1-5H3,(H,15,16);1H. The molecule has 0 atom stereocenters. The van der Waals surface area contributed by atoms with Crippen LogP contribution < -0.4 is 5.32 Å². The molecule has 1 rings (SSSR count). The van der Waals surface area contributed by atoms with Gasteiger partial charge in [0.25, 0.3) is 0 Å². The third-order valence-electron chi connectivity index (χ3n) is 3.17. The fourth-order valence-electron chi connectivity index (χ4n) is 2.22. The minimum atomic E-state index is -0.167. The van der Waals surface area contributed by atoms with Gasteiger partial charge >= 0.3 is 5.97 Å². The number of esters is 1. The molecule has 0 unspecified atom stereocenters. The molecule has 1 heterocycles. The molecule has 0 radical (unpaired) electrons. The molecule has 1 fully saturated rings. The number of likely N-dealkylation sites (tertiary alicyclic amines) is 1. The van der Waals surface area contributed by atoms with E-state index in [-0.39, 0.29) is 36.0 Å². The first-order valence-corrected chi connectivity index (χ1v) is 6.99. The molecule has 0 aliphatic carbocycles. The summed E-state index contributed by atoms with van der Waals surface area (Å²) in [6.07, 6.45) is 1.49. The summed E-state index contributed by atoms with van der Waals surface area (Å²) in [5, 5.41) is 3.23. The molecule has 0 aromatic rings. The van der Waals surface area contributed by atoms with Crippen molar-refractivity contribution >= 4 is 35.9 Å². The predicted octanol–water partition coefficient (Wildman–Crippen LogP) is 2.25. The minimum absolute atomic E-state index is 0. The second-order valence-electron chi connectivity index (χ2n) is 6.10. The van der Waals surface area contributed by atoms with E-state index in [9.17, 15) is 4.79 Å². The van der Waals surface area contributed by atoms with Gasteiger partial charge in [0.1, 0.15) is 0 Å². The lowest BCUT2D eigenvalue weighted by molar-refractivity contribution is -0.147. The Kier molecular flexibility index (Phi) is 8.46. The molecule has 6 heteroatoms. The second-order valence-corrected chi connectivity index (χ2v) is 6.10. The summed E-state index contributed by atoms with van der Waals surface area (Å²) in [7, 11) is 1.78. The van der Waals surface area contributed by atoms with Crippen molar-refractivity contribution in [3.05, 3.63) is 0 Å². The van der Waals surface area contributed by atoms with Crippen LogP contribution in [-0.2, 0) is 9.53 Å². The Morgan fingerprint density at radius 1 is 1.45 bits per heavy atom. The number of hydrogen-bond acceptors (Lipinski definition) is 3.